The Bertz CT molecular complexity index is 484. The molecule has 19 heavy (non-hydrogen) atoms. The van der Waals surface area contributed by atoms with Crippen LogP contribution >= 0.6 is 0 Å². The fraction of sp³-hybridized carbons (Fsp3) is 0.462. The monoisotopic (exact) mass is 267 g/mol. The summed E-state index contributed by atoms with van der Waals surface area (Å²) in [6.07, 6.45) is -0.791. The van der Waals surface area contributed by atoms with Gasteiger partial charge in [0.1, 0.15) is 0 Å². The molecule has 0 saturated heterocycles. The van der Waals surface area contributed by atoms with E-state index in [1.165, 1.54) is 6.07 Å². The minimum Gasteiger partial charge on any atom is -0.479 e. The molecule has 6 heteroatoms. The topological polar surface area (TPSA) is 89.7 Å². The van der Waals surface area contributed by atoms with E-state index in [-0.39, 0.29) is 17.4 Å². The molecular weight excluding hydrogens is 250 g/mol. The SMILES string of the molecule is Cc1cccc([N+](=O)[O-])c1O[C@H](CC(C)C)C(=O)O. The molecule has 1 aromatic rings. The van der Waals surface area contributed by atoms with Crippen molar-refractivity contribution in [2.75, 3.05) is 0 Å². The van der Waals surface area contributed by atoms with E-state index in [0.29, 0.717) is 12.0 Å². The molecule has 0 saturated carbocycles. The molecule has 0 aliphatic rings. The first-order valence-corrected chi connectivity index (χ1v) is 5.96. The number of carboxylic acids is 1. The van der Waals surface area contributed by atoms with Crippen LogP contribution in [0.2, 0.25) is 0 Å². The second-order valence-corrected chi connectivity index (χ2v) is 4.75. The van der Waals surface area contributed by atoms with Gasteiger partial charge in [-0.15, -0.1) is 0 Å². The average molecular weight is 267 g/mol. The van der Waals surface area contributed by atoms with Crippen molar-refractivity contribution in [3.63, 3.8) is 0 Å². The number of rotatable bonds is 6. The molecule has 1 atom stereocenters. The van der Waals surface area contributed by atoms with Crippen molar-refractivity contribution in [2.45, 2.75) is 33.3 Å². The standard InChI is InChI=1S/C13H17NO5/c1-8(2)7-11(13(15)16)19-12-9(3)5-4-6-10(12)14(17)18/h4-6,8,11H,7H2,1-3H3,(H,15,16)/t11-/m1/s1. The number of para-hydroxylation sites is 1. The van der Waals surface area contributed by atoms with Gasteiger partial charge in [0, 0.05) is 6.07 Å². The molecule has 104 valence electrons. The Morgan fingerprint density at radius 2 is 2.11 bits per heavy atom. The summed E-state index contributed by atoms with van der Waals surface area (Å²) in [5.74, 6) is -0.976. The maximum Gasteiger partial charge on any atom is 0.344 e. The van der Waals surface area contributed by atoms with E-state index >= 15 is 0 Å². The highest BCUT2D eigenvalue weighted by Crippen LogP contribution is 2.31. The second-order valence-electron chi connectivity index (χ2n) is 4.75. The van der Waals surface area contributed by atoms with Crippen LogP contribution in [0.1, 0.15) is 25.8 Å². The van der Waals surface area contributed by atoms with E-state index in [4.69, 9.17) is 9.84 Å². The predicted molar refractivity (Wildman–Crippen MR) is 69.3 cm³/mol. The van der Waals surface area contributed by atoms with Gasteiger partial charge in [0.2, 0.25) is 5.75 Å². The molecule has 0 aromatic heterocycles. The number of aliphatic carboxylic acids is 1. The maximum absolute atomic E-state index is 11.1. The smallest absolute Gasteiger partial charge is 0.344 e. The van der Waals surface area contributed by atoms with Crippen LogP contribution < -0.4 is 4.74 Å². The number of nitrogens with zero attached hydrogens (tertiary/aromatic N) is 1. The van der Waals surface area contributed by atoms with Gasteiger partial charge >= 0.3 is 11.7 Å². The summed E-state index contributed by atoms with van der Waals surface area (Å²) >= 11 is 0. The van der Waals surface area contributed by atoms with E-state index in [1.807, 2.05) is 13.8 Å². The van der Waals surface area contributed by atoms with Gasteiger partial charge in [-0.25, -0.2) is 4.79 Å². The molecule has 0 aliphatic carbocycles. The number of benzene rings is 1. The number of hydrogen-bond acceptors (Lipinski definition) is 4. The number of nitro benzene ring substituents is 1. The van der Waals surface area contributed by atoms with E-state index in [1.54, 1.807) is 19.1 Å². The molecule has 0 spiro atoms. The van der Waals surface area contributed by atoms with Gasteiger partial charge in [0.05, 0.1) is 4.92 Å². The molecule has 0 aliphatic heterocycles. The molecule has 6 nitrogen and oxygen atoms in total. The first-order chi connectivity index (χ1) is 8.82. The van der Waals surface area contributed by atoms with Crippen LogP contribution in [-0.4, -0.2) is 22.1 Å². The Morgan fingerprint density at radius 1 is 1.47 bits per heavy atom. The minimum atomic E-state index is -1.12. The Hall–Kier alpha value is -2.11. The third-order valence-electron chi connectivity index (χ3n) is 2.61. The largest absolute Gasteiger partial charge is 0.479 e. The van der Waals surface area contributed by atoms with Gasteiger partial charge in [0.25, 0.3) is 0 Å². The van der Waals surface area contributed by atoms with Crippen LogP contribution in [-0.2, 0) is 4.79 Å². The first-order valence-electron chi connectivity index (χ1n) is 5.96. The zero-order valence-corrected chi connectivity index (χ0v) is 11.1. The molecule has 1 rings (SSSR count). The van der Waals surface area contributed by atoms with Crippen LogP contribution in [0.3, 0.4) is 0 Å². The maximum atomic E-state index is 11.1. The highest BCUT2D eigenvalue weighted by atomic mass is 16.6. The zero-order chi connectivity index (χ0) is 14.6. The molecule has 0 bridgehead atoms. The average Bonchev–Trinajstić information content (AvgIpc) is 2.29. The van der Waals surface area contributed by atoms with Crippen molar-refractivity contribution in [3.8, 4) is 5.75 Å². The number of ether oxygens (including phenoxy) is 1. The lowest BCUT2D eigenvalue weighted by Crippen LogP contribution is -2.29. The lowest BCUT2D eigenvalue weighted by Gasteiger charge is -2.18. The summed E-state index contributed by atoms with van der Waals surface area (Å²) in [7, 11) is 0. The lowest BCUT2D eigenvalue weighted by atomic mass is 10.1. The Labute approximate surface area is 111 Å². The van der Waals surface area contributed by atoms with Gasteiger partial charge in [-0.2, -0.15) is 0 Å². The summed E-state index contributed by atoms with van der Waals surface area (Å²) in [5.41, 5.74) is 0.333. The summed E-state index contributed by atoms with van der Waals surface area (Å²) < 4.78 is 5.37. The normalized spacial score (nSPS) is 12.2. The van der Waals surface area contributed by atoms with Crippen molar-refractivity contribution in [1.82, 2.24) is 0 Å². The Morgan fingerprint density at radius 3 is 2.58 bits per heavy atom. The van der Waals surface area contributed by atoms with Gasteiger partial charge < -0.3 is 9.84 Å². The zero-order valence-electron chi connectivity index (χ0n) is 11.1. The molecular formula is C13H17NO5. The molecule has 1 aromatic carbocycles. The summed E-state index contributed by atoms with van der Waals surface area (Å²) in [5, 5.41) is 20.0. The van der Waals surface area contributed by atoms with Gasteiger partial charge in [-0.05, 0) is 24.8 Å². The van der Waals surface area contributed by atoms with Crippen LogP contribution in [0.15, 0.2) is 18.2 Å². The summed E-state index contributed by atoms with van der Waals surface area (Å²) in [6.45, 7) is 5.38. The minimum absolute atomic E-state index is 0.0283. The van der Waals surface area contributed by atoms with Crippen LogP contribution in [0.25, 0.3) is 0 Å². The molecule has 0 unspecified atom stereocenters. The summed E-state index contributed by atoms with van der Waals surface area (Å²) in [4.78, 5) is 21.5. The number of carboxylic acid groups (broad SMARTS) is 1. The van der Waals surface area contributed by atoms with Gasteiger partial charge in [-0.1, -0.05) is 26.0 Å². The van der Waals surface area contributed by atoms with Crippen LogP contribution in [0.5, 0.6) is 5.75 Å². The van der Waals surface area contributed by atoms with E-state index in [9.17, 15) is 14.9 Å². The molecule has 1 N–H and O–H groups in total. The highest BCUT2D eigenvalue weighted by Gasteiger charge is 2.26. The van der Waals surface area contributed by atoms with E-state index < -0.39 is 17.0 Å². The van der Waals surface area contributed by atoms with Crippen molar-refractivity contribution in [2.24, 2.45) is 5.92 Å². The number of aryl methyl sites for hydroxylation is 1. The van der Waals surface area contributed by atoms with Crippen LogP contribution in [0, 0.1) is 23.0 Å². The van der Waals surface area contributed by atoms with Crippen molar-refractivity contribution in [3.05, 3.63) is 33.9 Å². The lowest BCUT2D eigenvalue weighted by molar-refractivity contribution is -0.386. The first kappa shape index (κ1) is 14.9. The van der Waals surface area contributed by atoms with Crippen molar-refractivity contribution >= 4 is 11.7 Å². The van der Waals surface area contributed by atoms with Gasteiger partial charge in [-0.3, -0.25) is 10.1 Å². The number of nitro groups is 1. The van der Waals surface area contributed by atoms with E-state index in [2.05, 4.69) is 0 Å². The molecule has 0 amide bonds. The number of carbonyl (C=O) groups is 1. The fourth-order valence-corrected chi connectivity index (χ4v) is 1.70. The van der Waals surface area contributed by atoms with Crippen molar-refractivity contribution in [1.29, 1.82) is 0 Å². The quantitative estimate of drug-likeness (QED) is 0.632. The molecule has 0 fully saturated rings. The third kappa shape index (κ3) is 3.94. The second kappa shape index (κ2) is 6.17. The predicted octanol–water partition coefficient (Wildman–Crippen LogP) is 2.78. The third-order valence-corrected chi connectivity index (χ3v) is 2.61. The fourth-order valence-electron chi connectivity index (χ4n) is 1.70. The Balaban J connectivity index is 3.08. The van der Waals surface area contributed by atoms with Crippen molar-refractivity contribution < 1.29 is 19.6 Å². The Kier molecular flexibility index (Phi) is 4.86. The number of hydrogen-bond donors (Lipinski definition) is 1. The highest BCUT2D eigenvalue weighted by molar-refractivity contribution is 5.73. The van der Waals surface area contributed by atoms with Gasteiger partial charge in [0.15, 0.2) is 6.10 Å². The molecule has 0 heterocycles. The summed E-state index contributed by atoms with van der Waals surface area (Å²) in [6, 6.07) is 4.49. The van der Waals surface area contributed by atoms with Crippen LogP contribution in [0.4, 0.5) is 5.69 Å². The molecule has 0 radical (unpaired) electrons. The van der Waals surface area contributed by atoms with E-state index in [0.717, 1.165) is 0 Å².